The number of carbonyl (C=O) groups excluding carboxylic acids is 3. The summed E-state index contributed by atoms with van der Waals surface area (Å²) in [7, 11) is 0. The lowest BCUT2D eigenvalue weighted by Gasteiger charge is -2.13. The molecule has 9 heteroatoms. The molecule has 0 unspecified atom stereocenters. The van der Waals surface area contributed by atoms with E-state index in [0.29, 0.717) is 10.8 Å². The van der Waals surface area contributed by atoms with Crippen LogP contribution in [0.3, 0.4) is 0 Å². The van der Waals surface area contributed by atoms with Crippen LogP contribution in [0.15, 0.2) is 53.4 Å². The number of ether oxygens (including phenoxy) is 1. The molecule has 1 aliphatic heterocycles. The number of rotatable bonds is 7. The zero-order valence-corrected chi connectivity index (χ0v) is 16.6. The molecule has 0 radical (unpaired) electrons. The fourth-order valence-corrected chi connectivity index (χ4v) is 3.53. The van der Waals surface area contributed by atoms with Crippen molar-refractivity contribution >= 4 is 46.5 Å². The second-order valence-electron chi connectivity index (χ2n) is 5.95. The Bertz CT molecular complexity index is 982. The number of imide groups is 1. The van der Waals surface area contributed by atoms with E-state index < -0.39 is 22.9 Å². The van der Waals surface area contributed by atoms with Gasteiger partial charge in [0.05, 0.1) is 4.91 Å². The highest BCUT2D eigenvalue weighted by Crippen LogP contribution is 2.32. The fourth-order valence-electron chi connectivity index (χ4n) is 2.49. The topological polar surface area (TPSA) is 75.7 Å². The Morgan fingerprint density at radius 2 is 2.00 bits per heavy atom. The molecule has 6 nitrogen and oxygen atoms in total. The first-order chi connectivity index (χ1) is 13.9. The van der Waals surface area contributed by atoms with Gasteiger partial charge in [-0.1, -0.05) is 35.9 Å². The minimum absolute atomic E-state index is 0.00217. The van der Waals surface area contributed by atoms with Gasteiger partial charge in [0.1, 0.15) is 11.6 Å². The summed E-state index contributed by atoms with van der Waals surface area (Å²) in [6, 6.07) is 12.6. The Balaban J connectivity index is 1.49. The van der Waals surface area contributed by atoms with Gasteiger partial charge in [0.25, 0.3) is 17.1 Å². The van der Waals surface area contributed by atoms with Gasteiger partial charge in [0.2, 0.25) is 0 Å². The third-order valence-electron chi connectivity index (χ3n) is 3.89. The van der Waals surface area contributed by atoms with Gasteiger partial charge >= 0.3 is 0 Å². The van der Waals surface area contributed by atoms with Gasteiger partial charge in [-0.15, -0.1) is 0 Å². The molecule has 0 saturated carbocycles. The van der Waals surface area contributed by atoms with Crippen LogP contribution in [0, 0.1) is 5.82 Å². The van der Waals surface area contributed by atoms with E-state index >= 15 is 0 Å². The first-order valence-electron chi connectivity index (χ1n) is 8.59. The molecule has 1 saturated heterocycles. The van der Waals surface area contributed by atoms with Crippen LogP contribution in [0.2, 0.25) is 5.02 Å². The minimum Gasteiger partial charge on any atom is -0.484 e. The van der Waals surface area contributed by atoms with Crippen LogP contribution >= 0.6 is 23.4 Å². The molecule has 0 bridgehead atoms. The molecule has 0 aliphatic carbocycles. The molecule has 29 heavy (non-hydrogen) atoms. The van der Waals surface area contributed by atoms with Crippen molar-refractivity contribution in [3.8, 4) is 5.75 Å². The van der Waals surface area contributed by atoms with Crippen LogP contribution in [0.5, 0.6) is 5.75 Å². The molecule has 1 heterocycles. The van der Waals surface area contributed by atoms with Crippen molar-refractivity contribution in [3.63, 3.8) is 0 Å². The molecular formula is C20H16ClFN2O4S. The zero-order valence-electron chi connectivity index (χ0n) is 15.1. The summed E-state index contributed by atoms with van der Waals surface area (Å²) in [5, 5.41) is 2.60. The summed E-state index contributed by atoms with van der Waals surface area (Å²) in [6.45, 7) is -0.152. The molecule has 2 aromatic carbocycles. The third-order valence-corrected chi connectivity index (χ3v) is 5.03. The smallest absolute Gasteiger partial charge is 0.293 e. The number of hydrogen-bond acceptors (Lipinski definition) is 5. The standard InChI is InChI=1S/C20H16ClFN2O4S/c21-14-5-3-6-15(11-14)28-12-18(25)23-8-9-24-19(26)17(29-20(24)27)10-13-4-1-2-7-16(13)22/h1-7,10-11H,8-9,12H2,(H,23,25). The second-order valence-corrected chi connectivity index (χ2v) is 7.38. The molecular weight excluding hydrogens is 419 g/mol. The average molecular weight is 435 g/mol. The van der Waals surface area contributed by atoms with Crippen molar-refractivity contribution in [1.82, 2.24) is 10.2 Å². The highest BCUT2D eigenvalue weighted by molar-refractivity contribution is 8.18. The number of nitrogens with one attached hydrogen (secondary N) is 1. The van der Waals surface area contributed by atoms with E-state index in [1.807, 2.05) is 0 Å². The quantitative estimate of drug-likeness (QED) is 0.672. The molecule has 3 amide bonds. The van der Waals surface area contributed by atoms with Gasteiger partial charge in [-0.25, -0.2) is 4.39 Å². The molecule has 1 aliphatic rings. The third kappa shape index (κ3) is 5.58. The van der Waals surface area contributed by atoms with E-state index in [2.05, 4.69) is 5.32 Å². The van der Waals surface area contributed by atoms with Crippen molar-refractivity contribution in [2.75, 3.05) is 19.7 Å². The molecule has 3 rings (SSSR count). The summed E-state index contributed by atoms with van der Waals surface area (Å²) in [5.41, 5.74) is 0.226. The zero-order chi connectivity index (χ0) is 20.8. The maximum atomic E-state index is 13.7. The van der Waals surface area contributed by atoms with Gasteiger partial charge in [-0.2, -0.15) is 0 Å². The summed E-state index contributed by atoms with van der Waals surface area (Å²) >= 11 is 6.57. The van der Waals surface area contributed by atoms with Crippen molar-refractivity contribution in [3.05, 3.63) is 69.8 Å². The van der Waals surface area contributed by atoms with Crippen LogP contribution in [-0.4, -0.2) is 41.6 Å². The van der Waals surface area contributed by atoms with Crippen molar-refractivity contribution in [1.29, 1.82) is 0 Å². The fraction of sp³-hybridized carbons (Fsp3) is 0.150. The molecule has 0 aromatic heterocycles. The number of amides is 3. The molecule has 1 fully saturated rings. The van der Waals surface area contributed by atoms with Crippen molar-refractivity contribution < 1.29 is 23.5 Å². The predicted molar refractivity (Wildman–Crippen MR) is 109 cm³/mol. The van der Waals surface area contributed by atoms with Crippen LogP contribution in [0.25, 0.3) is 6.08 Å². The molecule has 2 aromatic rings. The Morgan fingerprint density at radius 3 is 2.76 bits per heavy atom. The van der Waals surface area contributed by atoms with Gasteiger partial charge in [0, 0.05) is 23.7 Å². The van der Waals surface area contributed by atoms with E-state index in [1.54, 1.807) is 30.3 Å². The lowest BCUT2D eigenvalue weighted by Crippen LogP contribution is -2.38. The van der Waals surface area contributed by atoms with Crippen molar-refractivity contribution in [2.24, 2.45) is 0 Å². The van der Waals surface area contributed by atoms with Crippen LogP contribution in [-0.2, 0) is 9.59 Å². The van der Waals surface area contributed by atoms with Crippen LogP contribution in [0.1, 0.15) is 5.56 Å². The normalized spacial score (nSPS) is 15.1. The number of thioether (sulfide) groups is 1. The molecule has 0 spiro atoms. The number of hydrogen-bond donors (Lipinski definition) is 1. The van der Waals surface area contributed by atoms with Gasteiger partial charge in [-0.3, -0.25) is 19.3 Å². The molecule has 1 N–H and O–H groups in total. The number of nitrogens with zero attached hydrogens (tertiary/aromatic N) is 1. The van der Waals surface area contributed by atoms with E-state index in [1.165, 1.54) is 24.3 Å². The highest BCUT2D eigenvalue weighted by atomic mass is 35.5. The lowest BCUT2D eigenvalue weighted by molar-refractivity contribution is -0.125. The highest BCUT2D eigenvalue weighted by Gasteiger charge is 2.34. The first-order valence-corrected chi connectivity index (χ1v) is 9.78. The summed E-state index contributed by atoms with van der Waals surface area (Å²) in [4.78, 5) is 37.5. The molecule has 0 atom stereocenters. The SMILES string of the molecule is O=C(COc1cccc(Cl)c1)NCCN1C(=O)SC(=Cc2ccccc2F)C1=O. The maximum Gasteiger partial charge on any atom is 0.293 e. The largest absolute Gasteiger partial charge is 0.484 e. The summed E-state index contributed by atoms with van der Waals surface area (Å²) in [5.74, 6) is -0.949. The maximum absolute atomic E-state index is 13.7. The van der Waals surface area contributed by atoms with E-state index in [4.69, 9.17) is 16.3 Å². The Morgan fingerprint density at radius 1 is 1.21 bits per heavy atom. The van der Waals surface area contributed by atoms with E-state index in [0.717, 1.165) is 16.7 Å². The average Bonchev–Trinajstić information content (AvgIpc) is 2.95. The predicted octanol–water partition coefficient (Wildman–Crippen LogP) is 3.71. The number of halogens is 2. The monoisotopic (exact) mass is 434 g/mol. The van der Waals surface area contributed by atoms with Gasteiger partial charge in [0.15, 0.2) is 6.61 Å². The van der Waals surface area contributed by atoms with Gasteiger partial charge in [-0.05, 0) is 42.1 Å². The first kappa shape index (κ1) is 20.9. The lowest BCUT2D eigenvalue weighted by atomic mass is 10.2. The Kier molecular flexibility index (Phi) is 6.90. The van der Waals surface area contributed by atoms with E-state index in [9.17, 15) is 18.8 Å². The van der Waals surface area contributed by atoms with Crippen molar-refractivity contribution in [2.45, 2.75) is 0 Å². The number of benzene rings is 2. The number of carbonyl (C=O) groups is 3. The van der Waals surface area contributed by atoms with Gasteiger partial charge < -0.3 is 10.1 Å². The summed E-state index contributed by atoms with van der Waals surface area (Å²) < 4.78 is 19.1. The Labute approximate surface area is 175 Å². The van der Waals surface area contributed by atoms with E-state index in [-0.39, 0.29) is 30.2 Å². The Hall–Kier alpha value is -2.84. The molecule has 150 valence electrons. The summed E-state index contributed by atoms with van der Waals surface area (Å²) in [6.07, 6.45) is 1.34. The minimum atomic E-state index is -0.521. The van der Waals surface area contributed by atoms with Crippen LogP contribution < -0.4 is 10.1 Å². The second kappa shape index (κ2) is 9.58. The van der Waals surface area contributed by atoms with Crippen LogP contribution in [0.4, 0.5) is 9.18 Å².